The number of carbonyl (C=O) groups excluding carboxylic acids is 1. The third-order valence-corrected chi connectivity index (χ3v) is 6.65. The molecule has 1 aromatic heterocycles. The van der Waals surface area contributed by atoms with Crippen molar-refractivity contribution in [1.82, 2.24) is 10.2 Å². The number of carbonyl (C=O) groups is 1. The highest BCUT2D eigenvalue weighted by Crippen LogP contribution is 2.54. The average Bonchev–Trinajstić information content (AvgIpc) is 3.41. The summed E-state index contributed by atoms with van der Waals surface area (Å²) in [6.45, 7) is 5.12. The normalized spacial score (nSPS) is 31.3. The van der Waals surface area contributed by atoms with Crippen LogP contribution in [0.1, 0.15) is 34.7 Å². The number of fused-ring (bicyclic) bond motifs is 1. The number of hydrogen-bond donors (Lipinski definition) is 1. The molecule has 1 amide bonds. The molecule has 6 heteroatoms. The van der Waals surface area contributed by atoms with E-state index in [1.54, 1.807) is 12.1 Å². The number of rotatable bonds is 5. The fraction of sp³-hybridized carbons (Fsp3) is 0.500. The minimum atomic E-state index is -0.485. The Kier molecular flexibility index (Phi) is 4.29. The molecule has 3 aliphatic heterocycles. The van der Waals surface area contributed by atoms with Crippen LogP contribution >= 0.6 is 0 Å². The number of nitrogens with zero attached hydrogens (tertiary/aromatic N) is 1. The van der Waals surface area contributed by atoms with Gasteiger partial charge in [0.15, 0.2) is 0 Å². The largest absolute Gasteiger partial charge is 0.465 e. The number of ether oxygens (including phenoxy) is 1. The van der Waals surface area contributed by atoms with Crippen molar-refractivity contribution in [1.29, 1.82) is 0 Å². The first kappa shape index (κ1) is 17.9. The monoisotopic (exact) mass is 384 g/mol. The number of halogens is 1. The molecule has 2 aromatic rings. The highest BCUT2D eigenvalue weighted by atomic mass is 19.1. The summed E-state index contributed by atoms with van der Waals surface area (Å²) < 4.78 is 26.0. The fourth-order valence-corrected chi connectivity index (χ4v) is 5.42. The van der Waals surface area contributed by atoms with Crippen LogP contribution in [0.4, 0.5) is 4.39 Å². The maximum atomic E-state index is 13.9. The first-order valence-corrected chi connectivity index (χ1v) is 10.0. The predicted octanol–water partition coefficient (Wildman–Crippen LogP) is 3.14. The number of aryl methyl sites for hydroxylation is 1. The Morgan fingerprint density at radius 1 is 1.32 bits per heavy atom. The van der Waals surface area contributed by atoms with E-state index in [-0.39, 0.29) is 29.1 Å². The van der Waals surface area contributed by atoms with Gasteiger partial charge in [-0.1, -0.05) is 12.1 Å². The zero-order valence-corrected chi connectivity index (χ0v) is 16.0. The molecular formula is C22H25FN2O3. The van der Waals surface area contributed by atoms with Crippen molar-refractivity contribution in [3.8, 4) is 0 Å². The van der Waals surface area contributed by atoms with Crippen LogP contribution in [0.2, 0.25) is 0 Å². The van der Waals surface area contributed by atoms with Crippen LogP contribution in [0, 0.1) is 24.6 Å². The molecule has 148 valence electrons. The van der Waals surface area contributed by atoms with Crippen molar-refractivity contribution < 1.29 is 18.3 Å². The Bertz CT molecular complexity index is 897. The van der Waals surface area contributed by atoms with Crippen LogP contribution in [-0.4, -0.2) is 42.1 Å². The topological polar surface area (TPSA) is 54.7 Å². The van der Waals surface area contributed by atoms with Gasteiger partial charge in [0.05, 0.1) is 23.8 Å². The molecule has 28 heavy (non-hydrogen) atoms. The number of benzene rings is 1. The Labute approximate surface area is 163 Å². The van der Waals surface area contributed by atoms with Crippen LogP contribution in [0.3, 0.4) is 0 Å². The number of hydrogen-bond acceptors (Lipinski definition) is 4. The molecule has 1 spiro atoms. The van der Waals surface area contributed by atoms with E-state index in [1.807, 2.05) is 19.1 Å². The summed E-state index contributed by atoms with van der Waals surface area (Å²) in [6.07, 6.45) is 2.30. The van der Waals surface area contributed by atoms with E-state index in [0.717, 1.165) is 44.0 Å². The molecule has 2 bridgehead atoms. The van der Waals surface area contributed by atoms with Gasteiger partial charge < -0.3 is 14.5 Å². The second kappa shape index (κ2) is 6.71. The first-order valence-electron chi connectivity index (χ1n) is 10.0. The Balaban J connectivity index is 1.25. The van der Waals surface area contributed by atoms with Crippen LogP contribution in [0.5, 0.6) is 0 Å². The number of furan rings is 1. The van der Waals surface area contributed by atoms with Crippen molar-refractivity contribution in [2.24, 2.45) is 11.8 Å². The van der Waals surface area contributed by atoms with Crippen molar-refractivity contribution in [2.75, 3.05) is 19.6 Å². The molecule has 0 saturated carbocycles. The molecule has 3 saturated heterocycles. The maximum Gasteiger partial charge on any atom is 0.254 e. The second-order valence-electron chi connectivity index (χ2n) is 8.40. The Morgan fingerprint density at radius 3 is 2.96 bits per heavy atom. The third kappa shape index (κ3) is 2.95. The molecule has 3 aliphatic rings. The molecule has 4 heterocycles. The Hall–Kier alpha value is -2.18. The molecule has 0 radical (unpaired) electrons. The average molecular weight is 384 g/mol. The number of nitrogens with one attached hydrogen (secondary N) is 1. The van der Waals surface area contributed by atoms with Crippen LogP contribution in [-0.2, 0) is 11.3 Å². The summed E-state index contributed by atoms with van der Waals surface area (Å²) >= 11 is 0. The SMILES string of the molecule is Cc1ccc(CN2C[C@@H]3[C@H](CNC(=O)c4ccccc4F)[C@H]4CC[C@]3(C2)O4)o1. The van der Waals surface area contributed by atoms with E-state index >= 15 is 0 Å². The minimum absolute atomic E-state index is 0.0975. The van der Waals surface area contributed by atoms with E-state index < -0.39 is 5.82 Å². The second-order valence-corrected chi connectivity index (χ2v) is 8.40. The predicted molar refractivity (Wildman–Crippen MR) is 101 cm³/mol. The van der Waals surface area contributed by atoms with Gasteiger partial charge in [-0.2, -0.15) is 0 Å². The van der Waals surface area contributed by atoms with Gasteiger partial charge in [-0.3, -0.25) is 9.69 Å². The molecule has 4 atom stereocenters. The molecule has 1 N–H and O–H groups in total. The first-order chi connectivity index (χ1) is 13.5. The van der Waals surface area contributed by atoms with E-state index in [4.69, 9.17) is 9.15 Å². The standard InChI is InChI=1S/C22H25FN2O3/c1-14-6-7-15(27-14)11-25-12-18-17(20-8-9-22(18,13-25)28-20)10-24-21(26)16-4-2-3-5-19(16)23/h2-7,17-18,20H,8-13H2,1H3,(H,24,26)/t17-,18+,20+,22+/m0/s1. The maximum absolute atomic E-state index is 13.9. The zero-order valence-electron chi connectivity index (χ0n) is 16.0. The molecule has 0 aliphatic carbocycles. The Morgan fingerprint density at radius 2 is 2.18 bits per heavy atom. The summed E-state index contributed by atoms with van der Waals surface area (Å²) in [5, 5.41) is 2.95. The van der Waals surface area contributed by atoms with Gasteiger partial charge in [-0.15, -0.1) is 0 Å². The van der Waals surface area contributed by atoms with Gasteiger partial charge in [0, 0.05) is 31.5 Å². The lowest BCUT2D eigenvalue weighted by atomic mass is 9.73. The lowest BCUT2D eigenvalue weighted by Crippen LogP contribution is -2.42. The van der Waals surface area contributed by atoms with Gasteiger partial charge in [-0.05, 0) is 44.0 Å². The summed E-state index contributed by atoms with van der Waals surface area (Å²) in [5.74, 6) is 1.74. The van der Waals surface area contributed by atoms with Crippen LogP contribution < -0.4 is 5.32 Å². The highest BCUT2D eigenvalue weighted by Gasteiger charge is 2.62. The quantitative estimate of drug-likeness (QED) is 0.861. The summed E-state index contributed by atoms with van der Waals surface area (Å²) in [7, 11) is 0. The van der Waals surface area contributed by atoms with E-state index in [1.165, 1.54) is 12.1 Å². The minimum Gasteiger partial charge on any atom is -0.465 e. The van der Waals surface area contributed by atoms with Gasteiger partial charge in [0.2, 0.25) is 0 Å². The summed E-state index contributed by atoms with van der Waals surface area (Å²) in [4.78, 5) is 14.8. The third-order valence-electron chi connectivity index (χ3n) is 6.65. The molecule has 5 nitrogen and oxygen atoms in total. The van der Waals surface area contributed by atoms with Gasteiger partial charge >= 0.3 is 0 Å². The van der Waals surface area contributed by atoms with Gasteiger partial charge in [-0.25, -0.2) is 4.39 Å². The fourth-order valence-electron chi connectivity index (χ4n) is 5.42. The molecule has 5 rings (SSSR count). The number of likely N-dealkylation sites (tertiary alicyclic amines) is 1. The van der Waals surface area contributed by atoms with Crippen LogP contribution in [0.15, 0.2) is 40.8 Å². The highest BCUT2D eigenvalue weighted by molar-refractivity contribution is 5.94. The zero-order chi connectivity index (χ0) is 19.3. The molecule has 1 aromatic carbocycles. The van der Waals surface area contributed by atoms with E-state index in [2.05, 4.69) is 10.2 Å². The molecule has 0 unspecified atom stereocenters. The van der Waals surface area contributed by atoms with Crippen molar-refractivity contribution >= 4 is 5.91 Å². The molecular weight excluding hydrogens is 359 g/mol. The summed E-state index contributed by atoms with van der Waals surface area (Å²) in [6, 6.07) is 10.1. The lowest BCUT2D eigenvalue weighted by Gasteiger charge is -2.29. The molecule has 3 fully saturated rings. The summed E-state index contributed by atoms with van der Waals surface area (Å²) in [5.41, 5.74) is 0.00204. The van der Waals surface area contributed by atoms with E-state index in [0.29, 0.717) is 12.5 Å². The van der Waals surface area contributed by atoms with Crippen molar-refractivity contribution in [3.05, 3.63) is 59.3 Å². The van der Waals surface area contributed by atoms with Crippen LogP contribution in [0.25, 0.3) is 0 Å². The van der Waals surface area contributed by atoms with Gasteiger partial charge in [0.1, 0.15) is 17.3 Å². The van der Waals surface area contributed by atoms with Crippen molar-refractivity contribution in [3.63, 3.8) is 0 Å². The smallest absolute Gasteiger partial charge is 0.254 e. The van der Waals surface area contributed by atoms with Crippen molar-refractivity contribution in [2.45, 2.75) is 38.0 Å². The van der Waals surface area contributed by atoms with E-state index in [9.17, 15) is 9.18 Å². The number of amides is 1. The van der Waals surface area contributed by atoms with Gasteiger partial charge in [0.25, 0.3) is 5.91 Å². The lowest BCUT2D eigenvalue weighted by molar-refractivity contribution is 0.00166.